The SMILES string of the molecule is COC/C=C(\F)C(=O)N1CCN(C)CC1. The number of carbonyl (C=O) groups excluding carboxylic acids is 1. The summed E-state index contributed by atoms with van der Waals surface area (Å²) in [5, 5.41) is 0. The van der Waals surface area contributed by atoms with Gasteiger partial charge in [-0.1, -0.05) is 0 Å². The van der Waals surface area contributed by atoms with Gasteiger partial charge in [0.1, 0.15) is 0 Å². The Morgan fingerprint density at radius 3 is 2.53 bits per heavy atom. The van der Waals surface area contributed by atoms with E-state index in [1.165, 1.54) is 18.1 Å². The predicted molar refractivity (Wildman–Crippen MR) is 55.1 cm³/mol. The first-order valence-electron chi connectivity index (χ1n) is 4.97. The molecule has 0 spiro atoms. The fourth-order valence-electron chi connectivity index (χ4n) is 1.40. The van der Waals surface area contributed by atoms with Gasteiger partial charge >= 0.3 is 0 Å². The van der Waals surface area contributed by atoms with Gasteiger partial charge < -0.3 is 14.5 Å². The van der Waals surface area contributed by atoms with Gasteiger partial charge in [0.2, 0.25) is 0 Å². The van der Waals surface area contributed by atoms with Gasteiger partial charge in [0, 0.05) is 33.3 Å². The molecule has 1 fully saturated rings. The first kappa shape index (κ1) is 12.1. The number of hydrogen-bond acceptors (Lipinski definition) is 3. The van der Waals surface area contributed by atoms with Crippen molar-refractivity contribution >= 4 is 5.91 Å². The van der Waals surface area contributed by atoms with Gasteiger partial charge in [-0.3, -0.25) is 4.79 Å². The molecule has 0 radical (unpaired) electrons. The number of hydrogen-bond donors (Lipinski definition) is 0. The van der Waals surface area contributed by atoms with Crippen molar-refractivity contribution in [2.24, 2.45) is 0 Å². The molecule has 86 valence electrons. The Labute approximate surface area is 89.3 Å². The Morgan fingerprint density at radius 1 is 1.40 bits per heavy atom. The van der Waals surface area contributed by atoms with Crippen molar-refractivity contribution in [3.8, 4) is 0 Å². The molecular weight excluding hydrogens is 199 g/mol. The van der Waals surface area contributed by atoms with E-state index in [2.05, 4.69) is 9.64 Å². The van der Waals surface area contributed by atoms with Crippen LogP contribution in [-0.2, 0) is 9.53 Å². The van der Waals surface area contributed by atoms with Crippen LogP contribution < -0.4 is 0 Å². The van der Waals surface area contributed by atoms with Crippen LogP contribution >= 0.6 is 0 Å². The minimum absolute atomic E-state index is 0.130. The van der Waals surface area contributed by atoms with Crippen LogP contribution in [0.2, 0.25) is 0 Å². The first-order chi connectivity index (χ1) is 7.15. The van der Waals surface area contributed by atoms with Gasteiger partial charge in [0.15, 0.2) is 5.83 Å². The van der Waals surface area contributed by atoms with Gasteiger partial charge in [-0.05, 0) is 13.1 Å². The highest BCUT2D eigenvalue weighted by Crippen LogP contribution is 2.07. The van der Waals surface area contributed by atoms with Crippen molar-refractivity contribution in [2.75, 3.05) is 46.9 Å². The predicted octanol–water partition coefficient (Wildman–Crippen LogP) is 0.260. The summed E-state index contributed by atoms with van der Waals surface area (Å²) in [5.74, 6) is -1.25. The number of halogens is 1. The highest BCUT2D eigenvalue weighted by molar-refractivity contribution is 5.91. The molecule has 1 saturated heterocycles. The number of methoxy groups -OCH3 is 1. The maximum absolute atomic E-state index is 13.2. The molecule has 1 aliphatic heterocycles. The molecule has 0 aromatic heterocycles. The lowest BCUT2D eigenvalue weighted by Crippen LogP contribution is -2.47. The van der Waals surface area contributed by atoms with E-state index in [9.17, 15) is 9.18 Å². The maximum atomic E-state index is 13.2. The average Bonchev–Trinajstić information content (AvgIpc) is 2.26. The van der Waals surface area contributed by atoms with E-state index in [0.29, 0.717) is 13.1 Å². The lowest BCUT2D eigenvalue weighted by Gasteiger charge is -2.31. The van der Waals surface area contributed by atoms with Crippen LogP contribution in [0.4, 0.5) is 4.39 Å². The van der Waals surface area contributed by atoms with E-state index < -0.39 is 11.7 Å². The fourth-order valence-corrected chi connectivity index (χ4v) is 1.40. The molecule has 0 aromatic rings. The Balaban J connectivity index is 2.46. The summed E-state index contributed by atoms with van der Waals surface area (Å²) in [5.41, 5.74) is 0. The Kier molecular flexibility index (Phi) is 4.71. The lowest BCUT2D eigenvalue weighted by atomic mass is 10.3. The molecular formula is C10H17FN2O2. The molecule has 4 nitrogen and oxygen atoms in total. The molecule has 0 N–H and O–H groups in total. The van der Waals surface area contributed by atoms with Crippen LogP contribution in [0.1, 0.15) is 0 Å². The van der Waals surface area contributed by atoms with E-state index in [1.54, 1.807) is 0 Å². The monoisotopic (exact) mass is 216 g/mol. The van der Waals surface area contributed by atoms with Crippen LogP contribution in [0, 0.1) is 0 Å². The molecule has 1 aliphatic rings. The third kappa shape index (κ3) is 3.60. The van der Waals surface area contributed by atoms with Crippen molar-refractivity contribution in [3.05, 3.63) is 11.9 Å². The minimum Gasteiger partial charge on any atom is -0.381 e. The van der Waals surface area contributed by atoms with Crippen molar-refractivity contribution in [3.63, 3.8) is 0 Å². The van der Waals surface area contributed by atoms with E-state index in [0.717, 1.165) is 13.1 Å². The smallest absolute Gasteiger partial charge is 0.282 e. The average molecular weight is 216 g/mol. The van der Waals surface area contributed by atoms with Crippen LogP contribution in [0.15, 0.2) is 11.9 Å². The summed E-state index contributed by atoms with van der Waals surface area (Å²) in [4.78, 5) is 15.2. The molecule has 0 bridgehead atoms. The normalized spacial score (nSPS) is 19.4. The molecule has 0 saturated carbocycles. The minimum atomic E-state index is -0.721. The summed E-state index contributed by atoms with van der Waals surface area (Å²) >= 11 is 0. The van der Waals surface area contributed by atoms with E-state index in [1.807, 2.05) is 7.05 Å². The Bertz CT molecular complexity index is 248. The summed E-state index contributed by atoms with van der Waals surface area (Å²) < 4.78 is 17.9. The number of carbonyl (C=O) groups is 1. The van der Waals surface area contributed by atoms with Crippen molar-refractivity contribution in [2.45, 2.75) is 0 Å². The third-order valence-electron chi connectivity index (χ3n) is 2.42. The highest BCUT2D eigenvalue weighted by atomic mass is 19.1. The van der Waals surface area contributed by atoms with E-state index in [-0.39, 0.29) is 6.61 Å². The standard InChI is InChI=1S/C10H17FN2O2/c1-12-4-6-13(7-5-12)10(14)9(11)3-8-15-2/h3H,4-8H2,1-2H3/b9-3-. The molecule has 0 aliphatic carbocycles. The zero-order valence-electron chi connectivity index (χ0n) is 9.20. The molecule has 0 aromatic carbocycles. The second-order valence-corrected chi connectivity index (χ2v) is 3.60. The Morgan fingerprint density at radius 2 is 2.00 bits per heavy atom. The number of rotatable bonds is 3. The van der Waals surface area contributed by atoms with Crippen LogP contribution in [0.3, 0.4) is 0 Å². The summed E-state index contributed by atoms with van der Waals surface area (Å²) in [6.45, 7) is 2.89. The van der Waals surface area contributed by atoms with Gasteiger partial charge in [-0.15, -0.1) is 0 Å². The van der Waals surface area contributed by atoms with Crippen LogP contribution in [-0.4, -0.2) is 62.7 Å². The Hall–Kier alpha value is -0.940. The zero-order chi connectivity index (χ0) is 11.3. The molecule has 1 rings (SSSR count). The summed E-state index contributed by atoms with van der Waals surface area (Å²) in [7, 11) is 3.45. The number of amides is 1. The molecule has 1 heterocycles. The van der Waals surface area contributed by atoms with E-state index >= 15 is 0 Å². The molecule has 15 heavy (non-hydrogen) atoms. The molecule has 0 atom stereocenters. The zero-order valence-corrected chi connectivity index (χ0v) is 9.20. The maximum Gasteiger partial charge on any atom is 0.282 e. The quantitative estimate of drug-likeness (QED) is 0.634. The number of likely N-dealkylation sites (N-methyl/N-ethyl adjacent to an activating group) is 1. The van der Waals surface area contributed by atoms with Gasteiger partial charge in [0.25, 0.3) is 5.91 Å². The second kappa shape index (κ2) is 5.82. The van der Waals surface area contributed by atoms with Crippen molar-refractivity contribution in [1.82, 2.24) is 9.80 Å². The highest BCUT2D eigenvalue weighted by Gasteiger charge is 2.21. The molecule has 1 amide bonds. The van der Waals surface area contributed by atoms with Gasteiger partial charge in [-0.2, -0.15) is 0 Å². The largest absolute Gasteiger partial charge is 0.381 e. The topological polar surface area (TPSA) is 32.8 Å². The van der Waals surface area contributed by atoms with Gasteiger partial charge in [-0.25, -0.2) is 4.39 Å². The summed E-state index contributed by atoms with van der Waals surface area (Å²) in [6, 6.07) is 0. The van der Waals surface area contributed by atoms with Crippen LogP contribution in [0.5, 0.6) is 0 Å². The molecule has 0 unspecified atom stereocenters. The first-order valence-corrected chi connectivity index (χ1v) is 4.97. The summed E-state index contributed by atoms with van der Waals surface area (Å²) in [6.07, 6.45) is 1.17. The van der Waals surface area contributed by atoms with Crippen molar-refractivity contribution < 1.29 is 13.9 Å². The third-order valence-corrected chi connectivity index (χ3v) is 2.42. The van der Waals surface area contributed by atoms with Gasteiger partial charge in [0.05, 0.1) is 6.61 Å². The van der Waals surface area contributed by atoms with Crippen LogP contribution in [0.25, 0.3) is 0 Å². The second-order valence-electron chi connectivity index (χ2n) is 3.60. The number of ether oxygens (including phenoxy) is 1. The number of nitrogens with zero attached hydrogens (tertiary/aromatic N) is 2. The van der Waals surface area contributed by atoms with Crippen molar-refractivity contribution in [1.29, 1.82) is 0 Å². The lowest BCUT2D eigenvalue weighted by molar-refractivity contribution is -0.130. The fraction of sp³-hybridized carbons (Fsp3) is 0.700. The molecule has 5 heteroatoms. The van der Waals surface area contributed by atoms with E-state index in [4.69, 9.17) is 0 Å². The number of piperazine rings is 1.